The standard InChI is InChI=1S/C24H30N2O4/c27-24(20-4-2-1-3-5-20)8-9-25(18-23(24)26-10-12-28-13-11-26)17-19-6-7-21-22(16-19)30-15-14-29-21/h1-7,16,23,27H,8-15,17-18H2/t23-,24+/m1/s1. The maximum absolute atomic E-state index is 11.9. The molecule has 0 amide bonds. The van der Waals surface area contributed by atoms with E-state index in [1.165, 1.54) is 5.56 Å². The molecule has 3 aliphatic heterocycles. The van der Waals surface area contributed by atoms with Crippen molar-refractivity contribution >= 4 is 0 Å². The molecule has 30 heavy (non-hydrogen) atoms. The van der Waals surface area contributed by atoms with Crippen molar-refractivity contribution in [3.63, 3.8) is 0 Å². The van der Waals surface area contributed by atoms with Crippen LogP contribution in [0.5, 0.6) is 11.5 Å². The number of fused-ring (bicyclic) bond motifs is 1. The molecule has 3 heterocycles. The van der Waals surface area contributed by atoms with E-state index in [1.54, 1.807) is 0 Å². The number of aliphatic hydroxyl groups is 1. The summed E-state index contributed by atoms with van der Waals surface area (Å²) in [5, 5.41) is 11.9. The van der Waals surface area contributed by atoms with Crippen molar-refractivity contribution in [2.75, 3.05) is 52.6 Å². The molecule has 5 rings (SSSR count). The third kappa shape index (κ3) is 3.93. The molecule has 160 valence electrons. The van der Waals surface area contributed by atoms with Gasteiger partial charge in [-0.3, -0.25) is 9.80 Å². The summed E-state index contributed by atoms with van der Waals surface area (Å²) in [5.41, 5.74) is 1.38. The maximum atomic E-state index is 11.9. The van der Waals surface area contributed by atoms with E-state index in [-0.39, 0.29) is 6.04 Å². The lowest BCUT2D eigenvalue weighted by Gasteiger charge is -2.50. The lowest BCUT2D eigenvalue weighted by molar-refractivity contribution is -0.119. The van der Waals surface area contributed by atoms with Gasteiger partial charge in [0.15, 0.2) is 11.5 Å². The van der Waals surface area contributed by atoms with Gasteiger partial charge in [0, 0.05) is 32.7 Å². The second-order valence-electron chi connectivity index (χ2n) is 8.42. The van der Waals surface area contributed by atoms with Gasteiger partial charge >= 0.3 is 0 Å². The second-order valence-corrected chi connectivity index (χ2v) is 8.42. The van der Waals surface area contributed by atoms with Crippen molar-refractivity contribution in [2.45, 2.75) is 24.6 Å². The Morgan fingerprint density at radius 1 is 0.900 bits per heavy atom. The summed E-state index contributed by atoms with van der Waals surface area (Å²) in [7, 11) is 0. The molecule has 0 unspecified atom stereocenters. The third-order valence-electron chi connectivity index (χ3n) is 6.56. The summed E-state index contributed by atoms with van der Waals surface area (Å²) < 4.78 is 17.0. The summed E-state index contributed by atoms with van der Waals surface area (Å²) >= 11 is 0. The molecule has 0 spiro atoms. The average molecular weight is 411 g/mol. The lowest BCUT2D eigenvalue weighted by atomic mass is 9.79. The molecule has 2 aromatic rings. The zero-order valence-electron chi connectivity index (χ0n) is 17.3. The van der Waals surface area contributed by atoms with E-state index in [0.717, 1.165) is 63.0 Å². The van der Waals surface area contributed by atoms with Crippen LogP contribution in [0.2, 0.25) is 0 Å². The molecular weight excluding hydrogens is 380 g/mol. The highest BCUT2D eigenvalue weighted by atomic mass is 16.6. The molecule has 2 aromatic carbocycles. The zero-order chi connectivity index (χ0) is 20.4. The van der Waals surface area contributed by atoms with Gasteiger partial charge in [-0.15, -0.1) is 0 Å². The SMILES string of the molecule is O[C@]1(c2ccccc2)CCN(Cc2ccc3c(c2)OCCO3)C[C@H]1N1CCOCC1. The number of likely N-dealkylation sites (tertiary alicyclic amines) is 1. The number of hydrogen-bond acceptors (Lipinski definition) is 6. The summed E-state index contributed by atoms with van der Waals surface area (Å²) in [6.07, 6.45) is 0.712. The monoisotopic (exact) mass is 410 g/mol. The smallest absolute Gasteiger partial charge is 0.161 e. The van der Waals surface area contributed by atoms with Crippen LogP contribution in [0, 0.1) is 0 Å². The van der Waals surface area contributed by atoms with Crippen molar-refractivity contribution in [1.82, 2.24) is 9.80 Å². The van der Waals surface area contributed by atoms with Crippen LogP contribution in [0.25, 0.3) is 0 Å². The first kappa shape index (κ1) is 19.8. The lowest BCUT2D eigenvalue weighted by Crippen LogP contribution is -2.62. The first-order chi connectivity index (χ1) is 14.7. The predicted molar refractivity (Wildman–Crippen MR) is 114 cm³/mol. The van der Waals surface area contributed by atoms with Crippen LogP contribution in [0.15, 0.2) is 48.5 Å². The molecule has 6 nitrogen and oxygen atoms in total. The Balaban J connectivity index is 1.36. The minimum absolute atomic E-state index is 0.0368. The molecular formula is C24H30N2O4. The van der Waals surface area contributed by atoms with Gasteiger partial charge in [-0.05, 0) is 29.7 Å². The molecule has 0 aliphatic carbocycles. The van der Waals surface area contributed by atoms with E-state index >= 15 is 0 Å². The van der Waals surface area contributed by atoms with Crippen LogP contribution in [-0.2, 0) is 16.9 Å². The van der Waals surface area contributed by atoms with Gasteiger partial charge in [-0.25, -0.2) is 0 Å². The summed E-state index contributed by atoms with van der Waals surface area (Å²) in [5.74, 6) is 1.66. The number of ether oxygens (including phenoxy) is 3. The van der Waals surface area contributed by atoms with Crippen LogP contribution in [0.4, 0.5) is 0 Å². The minimum atomic E-state index is -0.845. The fourth-order valence-electron chi connectivity index (χ4n) is 4.94. The van der Waals surface area contributed by atoms with Crippen molar-refractivity contribution in [2.24, 2.45) is 0 Å². The largest absolute Gasteiger partial charge is 0.486 e. The summed E-state index contributed by atoms with van der Waals surface area (Å²) in [6.45, 7) is 6.88. The Bertz CT molecular complexity index is 856. The second kappa shape index (κ2) is 8.55. The summed E-state index contributed by atoms with van der Waals surface area (Å²) in [6, 6.07) is 16.4. The van der Waals surface area contributed by atoms with E-state index in [9.17, 15) is 5.11 Å². The number of rotatable bonds is 4. The third-order valence-corrected chi connectivity index (χ3v) is 6.56. The Morgan fingerprint density at radius 2 is 1.67 bits per heavy atom. The normalized spacial score (nSPS) is 27.7. The Labute approximate surface area is 178 Å². The highest BCUT2D eigenvalue weighted by Crippen LogP contribution is 2.37. The zero-order valence-corrected chi connectivity index (χ0v) is 17.3. The van der Waals surface area contributed by atoms with Gasteiger partial charge < -0.3 is 19.3 Å². The molecule has 2 atom stereocenters. The number of benzene rings is 2. The highest BCUT2D eigenvalue weighted by molar-refractivity contribution is 5.43. The van der Waals surface area contributed by atoms with Crippen LogP contribution in [0.3, 0.4) is 0 Å². The molecule has 2 fully saturated rings. The van der Waals surface area contributed by atoms with E-state index in [2.05, 4.69) is 34.1 Å². The van der Waals surface area contributed by atoms with Crippen molar-refractivity contribution in [1.29, 1.82) is 0 Å². The fraction of sp³-hybridized carbons (Fsp3) is 0.500. The van der Waals surface area contributed by atoms with Crippen LogP contribution < -0.4 is 9.47 Å². The van der Waals surface area contributed by atoms with Gasteiger partial charge in [0.2, 0.25) is 0 Å². The highest BCUT2D eigenvalue weighted by Gasteiger charge is 2.45. The number of nitrogens with zero attached hydrogens (tertiary/aromatic N) is 2. The molecule has 2 saturated heterocycles. The Kier molecular flexibility index (Phi) is 5.65. The first-order valence-corrected chi connectivity index (χ1v) is 10.9. The molecule has 3 aliphatic rings. The van der Waals surface area contributed by atoms with Gasteiger partial charge in [0.1, 0.15) is 18.8 Å². The van der Waals surface area contributed by atoms with Crippen molar-refractivity contribution in [3.05, 3.63) is 59.7 Å². The van der Waals surface area contributed by atoms with Gasteiger partial charge in [0.25, 0.3) is 0 Å². The van der Waals surface area contributed by atoms with Gasteiger partial charge in [-0.1, -0.05) is 36.4 Å². The molecule has 1 N–H and O–H groups in total. The number of piperidine rings is 1. The van der Waals surface area contributed by atoms with Crippen molar-refractivity contribution in [3.8, 4) is 11.5 Å². The van der Waals surface area contributed by atoms with Crippen LogP contribution in [0.1, 0.15) is 17.5 Å². The number of morpholine rings is 1. The predicted octanol–water partition coefficient (Wildman–Crippen LogP) is 2.25. The van der Waals surface area contributed by atoms with Gasteiger partial charge in [-0.2, -0.15) is 0 Å². The molecule has 0 aromatic heterocycles. The quantitative estimate of drug-likeness (QED) is 0.835. The van der Waals surface area contributed by atoms with E-state index in [4.69, 9.17) is 14.2 Å². The van der Waals surface area contributed by atoms with E-state index < -0.39 is 5.60 Å². The Hall–Kier alpha value is -2.12. The molecule has 6 heteroatoms. The maximum Gasteiger partial charge on any atom is 0.161 e. The summed E-state index contributed by atoms with van der Waals surface area (Å²) in [4.78, 5) is 4.86. The van der Waals surface area contributed by atoms with Gasteiger partial charge in [0.05, 0.1) is 19.3 Å². The average Bonchev–Trinajstić information content (AvgIpc) is 2.81. The molecule has 0 saturated carbocycles. The first-order valence-electron chi connectivity index (χ1n) is 10.9. The van der Waals surface area contributed by atoms with Crippen molar-refractivity contribution < 1.29 is 19.3 Å². The van der Waals surface area contributed by atoms with Crippen LogP contribution >= 0.6 is 0 Å². The fourth-order valence-corrected chi connectivity index (χ4v) is 4.94. The topological polar surface area (TPSA) is 54.4 Å². The molecule has 0 bridgehead atoms. The molecule has 0 radical (unpaired) electrons. The number of hydrogen-bond donors (Lipinski definition) is 1. The van der Waals surface area contributed by atoms with Crippen LogP contribution in [-0.4, -0.2) is 73.6 Å². The van der Waals surface area contributed by atoms with E-state index in [1.807, 2.05) is 24.3 Å². The van der Waals surface area contributed by atoms with E-state index in [0.29, 0.717) is 19.6 Å². The minimum Gasteiger partial charge on any atom is -0.486 e. The Morgan fingerprint density at radius 3 is 2.47 bits per heavy atom.